The fourth-order valence-corrected chi connectivity index (χ4v) is 2.23. The number of aliphatic imine (C=N–C) groups is 1. The number of allylic oxidation sites excluding steroid dienone is 4. The number of hydrogen-bond acceptors (Lipinski definition) is 1. The van der Waals surface area contributed by atoms with Crippen molar-refractivity contribution in [2.24, 2.45) is 4.99 Å². The SMILES string of the molecule is C[Si](C)=CC1=CC2=CC=NC2=C1.Cl.Cl. The van der Waals surface area contributed by atoms with Crippen molar-refractivity contribution in [1.29, 1.82) is 0 Å². The Bertz CT molecular complexity index is 372. The summed E-state index contributed by atoms with van der Waals surface area (Å²) in [4.78, 5) is 4.24. The minimum atomic E-state index is -0.265. The number of fused-ring (bicyclic) bond motifs is 1. The number of hydrogen-bond donors (Lipinski definition) is 0. The van der Waals surface area contributed by atoms with Crippen molar-refractivity contribution in [3.05, 3.63) is 35.1 Å². The second kappa shape index (κ2) is 5.44. The largest absolute Gasteiger partial charge is 0.256 e. The lowest BCUT2D eigenvalue weighted by atomic mass is 10.2. The summed E-state index contributed by atoms with van der Waals surface area (Å²) >= 11 is 0. The molecule has 0 amide bonds. The van der Waals surface area contributed by atoms with E-state index in [9.17, 15) is 0 Å². The van der Waals surface area contributed by atoms with E-state index in [4.69, 9.17) is 0 Å². The summed E-state index contributed by atoms with van der Waals surface area (Å²) in [5, 5.41) is 0. The van der Waals surface area contributed by atoms with Crippen molar-refractivity contribution in [3.63, 3.8) is 0 Å². The van der Waals surface area contributed by atoms with Crippen molar-refractivity contribution in [1.82, 2.24) is 0 Å². The number of rotatable bonds is 1. The van der Waals surface area contributed by atoms with Crippen LogP contribution in [0.25, 0.3) is 0 Å². The lowest BCUT2D eigenvalue weighted by Gasteiger charge is -1.87. The van der Waals surface area contributed by atoms with Crippen LogP contribution in [0.2, 0.25) is 13.1 Å². The van der Waals surface area contributed by atoms with E-state index in [-0.39, 0.29) is 33.2 Å². The molecule has 0 atom stereocenters. The predicted molar refractivity (Wildman–Crippen MR) is 70.8 cm³/mol. The van der Waals surface area contributed by atoms with Crippen LogP contribution in [-0.4, -0.2) is 20.3 Å². The van der Waals surface area contributed by atoms with Crippen LogP contribution >= 0.6 is 24.8 Å². The van der Waals surface area contributed by atoms with E-state index in [1.54, 1.807) is 0 Å². The Balaban J connectivity index is 0.000000845. The molecule has 4 heteroatoms. The highest BCUT2D eigenvalue weighted by Gasteiger charge is 2.11. The summed E-state index contributed by atoms with van der Waals surface area (Å²) in [5.41, 5.74) is 6.09. The molecule has 0 N–H and O–H groups in total. The molecule has 0 aromatic carbocycles. The van der Waals surface area contributed by atoms with Gasteiger partial charge in [-0.1, -0.05) is 18.8 Å². The van der Waals surface area contributed by atoms with E-state index in [1.807, 2.05) is 6.21 Å². The van der Waals surface area contributed by atoms with Gasteiger partial charge >= 0.3 is 0 Å². The van der Waals surface area contributed by atoms with E-state index in [0.717, 1.165) is 5.70 Å². The first-order chi connectivity index (χ1) is 5.75. The van der Waals surface area contributed by atoms with Crippen LogP contribution in [0.3, 0.4) is 0 Å². The van der Waals surface area contributed by atoms with Crippen molar-refractivity contribution in [3.8, 4) is 0 Å². The Morgan fingerprint density at radius 2 is 1.93 bits per heavy atom. The third-order valence-electron chi connectivity index (χ3n) is 1.84. The maximum atomic E-state index is 4.24. The normalized spacial score (nSPS) is 15.7. The predicted octanol–water partition coefficient (Wildman–Crippen LogP) is 2.80. The molecule has 0 saturated heterocycles. The molecule has 0 saturated carbocycles. The zero-order chi connectivity index (χ0) is 8.55. The molecule has 1 aliphatic carbocycles. The number of nitrogens with zero attached hydrogens (tertiary/aromatic N) is 1. The van der Waals surface area contributed by atoms with Crippen LogP contribution in [0.5, 0.6) is 0 Å². The molecule has 0 aromatic heterocycles. The van der Waals surface area contributed by atoms with Gasteiger partial charge in [-0.3, -0.25) is 4.99 Å². The van der Waals surface area contributed by atoms with E-state index >= 15 is 0 Å². The third-order valence-corrected chi connectivity index (χ3v) is 2.76. The molecule has 0 aromatic rings. The standard InChI is InChI=1S/C10H11NSi.2ClH/c1-12(2)7-8-5-9-3-4-11-10(9)6-8;;/h3-7H,1-2H3;2*1H. The Morgan fingerprint density at radius 3 is 2.50 bits per heavy atom. The Morgan fingerprint density at radius 1 is 1.21 bits per heavy atom. The fourth-order valence-electron chi connectivity index (χ4n) is 1.40. The van der Waals surface area contributed by atoms with Crippen molar-refractivity contribution in [2.75, 3.05) is 0 Å². The second-order valence-corrected chi connectivity index (χ2v) is 5.74. The first kappa shape index (κ1) is 13.6. The first-order valence-electron chi connectivity index (χ1n) is 4.09. The van der Waals surface area contributed by atoms with Crippen LogP contribution in [0, 0.1) is 0 Å². The fraction of sp³-hybridized carbons (Fsp3) is 0.200. The maximum absolute atomic E-state index is 4.24. The minimum absolute atomic E-state index is 0. The monoisotopic (exact) mass is 245 g/mol. The van der Waals surface area contributed by atoms with Crippen LogP contribution in [0.1, 0.15) is 0 Å². The van der Waals surface area contributed by atoms with Crippen molar-refractivity contribution < 1.29 is 0 Å². The molecular weight excluding hydrogens is 233 g/mol. The molecule has 0 radical (unpaired) electrons. The van der Waals surface area contributed by atoms with E-state index in [0.29, 0.717) is 0 Å². The maximum Gasteiger partial charge on any atom is 0.0708 e. The molecule has 1 nitrogen and oxygen atoms in total. The van der Waals surface area contributed by atoms with Gasteiger partial charge in [0.1, 0.15) is 0 Å². The molecular formula is C10H13Cl2NSi. The average Bonchev–Trinajstić information content (AvgIpc) is 2.43. The van der Waals surface area contributed by atoms with Gasteiger partial charge in [0.05, 0.1) is 5.70 Å². The van der Waals surface area contributed by atoms with Crippen molar-refractivity contribution >= 4 is 45.1 Å². The van der Waals surface area contributed by atoms with Crippen LogP contribution in [-0.2, 0) is 0 Å². The van der Waals surface area contributed by atoms with Gasteiger partial charge in [0, 0.05) is 20.2 Å². The van der Waals surface area contributed by atoms with Gasteiger partial charge in [-0.05, 0) is 23.8 Å². The van der Waals surface area contributed by atoms with Crippen molar-refractivity contribution in [2.45, 2.75) is 13.1 Å². The average molecular weight is 246 g/mol. The lowest BCUT2D eigenvalue weighted by Crippen LogP contribution is -1.92. The highest BCUT2D eigenvalue weighted by Crippen LogP contribution is 2.25. The smallest absolute Gasteiger partial charge is 0.0708 e. The Kier molecular flexibility index (Phi) is 5.27. The van der Waals surface area contributed by atoms with Gasteiger partial charge in [-0.25, -0.2) is 0 Å². The quantitative estimate of drug-likeness (QED) is 0.631. The first-order valence-corrected chi connectivity index (χ1v) is 6.66. The molecule has 0 bridgehead atoms. The summed E-state index contributed by atoms with van der Waals surface area (Å²) in [7, 11) is -0.265. The topological polar surface area (TPSA) is 12.4 Å². The molecule has 2 rings (SSSR count). The zero-order valence-electron chi connectivity index (χ0n) is 8.15. The molecule has 0 spiro atoms. The molecule has 2 aliphatic rings. The summed E-state index contributed by atoms with van der Waals surface area (Å²) in [6.45, 7) is 4.57. The summed E-state index contributed by atoms with van der Waals surface area (Å²) in [6.07, 6.45) is 8.29. The second-order valence-electron chi connectivity index (χ2n) is 3.30. The number of halogens is 2. The van der Waals surface area contributed by atoms with E-state index < -0.39 is 0 Å². The van der Waals surface area contributed by atoms with Gasteiger partial charge in [0.2, 0.25) is 0 Å². The van der Waals surface area contributed by atoms with Gasteiger partial charge < -0.3 is 0 Å². The van der Waals surface area contributed by atoms with Crippen LogP contribution < -0.4 is 0 Å². The highest BCUT2D eigenvalue weighted by atomic mass is 35.5. The molecule has 1 aliphatic heterocycles. The van der Waals surface area contributed by atoms with E-state index in [1.165, 1.54) is 11.1 Å². The summed E-state index contributed by atoms with van der Waals surface area (Å²) in [6, 6.07) is 0. The molecule has 76 valence electrons. The van der Waals surface area contributed by atoms with Gasteiger partial charge in [-0.15, -0.1) is 24.8 Å². The zero-order valence-corrected chi connectivity index (χ0v) is 10.8. The van der Waals surface area contributed by atoms with Crippen LogP contribution in [0.15, 0.2) is 40.1 Å². The molecule has 1 heterocycles. The summed E-state index contributed by atoms with van der Waals surface area (Å²) in [5.74, 6) is 0. The minimum Gasteiger partial charge on any atom is -0.256 e. The molecule has 0 unspecified atom stereocenters. The highest BCUT2D eigenvalue weighted by molar-refractivity contribution is 6.66. The Labute approximate surface area is 98.4 Å². The Hall–Kier alpha value is -0.443. The summed E-state index contributed by atoms with van der Waals surface area (Å²) < 4.78 is 0. The van der Waals surface area contributed by atoms with Crippen LogP contribution in [0.4, 0.5) is 0 Å². The van der Waals surface area contributed by atoms with Gasteiger partial charge in [0.25, 0.3) is 0 Å². The lowest BCUT2D eigenvalue weighted by molar-refractivity contribution is 1.43. The van der Waals surface area contributed by atoms with E-state index in [2.05, 4.69) is 42.0 Å². The molecule has 0 fully saturated rings. The molecule has 14 heavy (non-hydrogen) atoms. The van der Waals surface area contributed by atoms with Gasteiger partial charge in [-0.2, -0.15) is 0 Å². The third kappa shape index (κ3) is 2.77. The van der Waals surface area contributed by atoms with Gasteiger partial charge in [0.15, 0.2) is 0 Å².